The van der Waals surface area contributed by atoms with E-state index in [0.717, 1.165) is 5.56 Å². The van der Waals surface area contributed by atoms with Gasteiger partial charge in [-0.15, -0.1) is 0 Å². The first-order chi connectivity index (χ1) is 14.6. The second-order valence-electron chi connectivity index (χ2n) is 7.58. The van der Waals surface area contributed by atoms with Crippen molar-refractivity contribution in [3.05, 3.63) is 106 Å². The molecule has 0 radical (unpaired) electrons. The predicted octanol–water partition coefficient (Wildman–Crippen LogP) is 3.40. The smallest absolute Gasteiger partial charge is 0.266 e. The number of likely N-dealkylation sites (N-methyl/N-ethyl adjacent to an activating group) is 1. The van der Waals surface area contributed by atoms with Crippen LogP contribution in [0.2, 0.25) is 0 Å². The third-order valence-electron chi connectivity index (χ3n) is 5.97. The molecule has 3 aromatic carbocycles. The Balaban J connectivity index is 1.73. The molecule has 1 saturated heterocycles. The molecule has 0 N–H and O–H groups in total. The molecule has 1 spiro atoms. The van der Waals surface area contributed by atoms with E-state index in [9.17, 15) is 9.59 Å². The number of amides is 1. The molecule has 1 aromatic heterocycles. The number of carbonyl (C=O) groups excluding carboxylic acids is 1. The molecule has 1 fully saturated rings. The second-order valence-corrected chi connectivity index (χ2v) is 7.58. The summed E-state index contributed by atoms with van der Waals surface area (Å²) >= 11 is 0. The van der Waals surface area contributed by atoms with Crippen LogP contribution in [0.5, 0.6) is 0 Å². The number of nitrogens with zero attached hydrogens (tertiary/aromatic N) is 3. The molecular formula is C24H17N3O3. The number of aromatic nitrogens is 2. The van der Waals surface area contributed by atoms with E-state index in [2.05, 4.69) is 0 Å². The third-order valence-corrected chi connectivity index (χ3v) is 5.97. The van der Waals surface area contributed by atoms with Crippen LogP contribution < -0.4 is 5.56 Å². The fourth-order valence-electron chi connectivity index (χ4n) is 4.42. The van der Waals surface area contributed by atoms with E-state index in [4.69, 9.17) is 9.72 Å². The Morgan fingerprint density at radius 1 is 0.900 bits per heavy atom. The first kappa shape index (κ1) is 17.1. The lowest BCUT2D eigenvalue weighted by Gasteiger charge is -2.24. The molecule has 6 rings (SSSR count). The molecule has 0 bridgehead atoms. The number of para-hydroxylation sites is 2. The molecule has 2 aliphatic rings. The molecule has 6 nitrogen and oxygen atoms in total. The average molecular weight is 395 g/mol. The number of hydrogen-bond donors (Lipinski definition) is 0. The molecule has 3 heterocycles. The predicted molar refractivity (Wildman–Crippen MR) is 111 cm³/mol. The van der Waals surface area contributed by atoms with Crippen molar-refractivity contribution in [1.82, 2.24) is 14.5 Å². The number of benzene rings is 3. The lowest BCUT2D eigenvalue weighted by atomic mass is 10.0. The zero-order valence-corrected chi connectivity index (χ0v) is 16.1. The lowest BCUT2D eigenvalue weighted by Crippen LogP contribution is -2.40. The largest absolute Gasteiger partial charge is 0.332 e. The van der Waals surface area contributed by atoms with Crippen LogP contribution in [0, 0.1) is 0 Å². The molecular weight excluding hydrogens is 378 g/mol. The monoisotopic (exact) mass is 395 g/mol. The summed E-state index contributed by atoms with van der Waals surface area (Å²) in [7, 11) is 1.71. The van der Waals surface area contributed by atoms with Gasteiger partial charge in [0, 0.05) is 7.05 Å². The summed E-state index contributed by atoms with van der Waals surface area (Å²) < 4.78 is 7.78. The van der Waals surface area contributed by atoms with Gasteiger partial charge in [0.2, 0.25) is 5.72 Å². The van der Waals surface area contributed by atoms with Crippen molar-refractivity contribution in [2.24, 2.45) is 0 Å². The standard InChI is InChI=1S/C24H17N3O3/c1-26-21(28)17-12-6-8-14-19(17)27-22(29)16-11-5-7-13-18(16)25-23(27)24(26)20(30-24)15-9-3-2-4-10-15/h2-14,20H,1H3/t20-,24-/m1/s1. The minimum atomic E-state index is -1.15. The molecule has 0 aliphatic carbocycles. The molecule has 4 aromatic rings. The van der Waals surface area contributed by atoms with E-state index >= 15 is 0 Å². The Hall–Kier alpha value is -3.77. The van der Waals surface area contributed by atoms with Crippen LogP contribution in [0.1, 0.15) is 27.8 Å². The van der Waals surface area contributed by atoms with Crippen LogP contribution in [0.15, 0.2) is 83.7 Å². The molecule has 2 atom stereocenters. The van der Waals surface area contributed by atoms with Crippen LogP contribution >= 0.6 is 0 Å². The van der Waals surface area contributed by atoms with Gasteiger partial charge in [-0.05, 0) is 29.8 Å². The van der Waals surface area contributed by atoms with Gasteiger partial charge in [-0.25, -0.2) is 4.98 Å². The topological polar surface area (TPSA) is 67.7 Å². The molecule has 6 heteroatoms. The fourth-order valence-corrected chi connectivity index (χ4v) is 4.42. The number of hydrogen-bond acceptors (Lipinski definition) is 4. The first-order valence-electron chi connectivity index (χ1n) is 9.75. The highest BCUT2D eigenvalue weighted by Crippen LogP contribution is 2.59. The highest BCUT2D eigenvalue weighted by molar-refractivity contribution is 5.99. The van der Waals surface area contributed by atoms with Crippen molar-refractivity contribution in [1.29, 1.82) is 0 Å². The van der Waals surface area contributed by atoms with Gasteiger partial charge in [0.1, 0.15) is 6.10 Å². The van der Waals surface area contributed by atoms with E-state index in [1.807, 2.05) is 54.6 Å². The van der Waals surface area contributed by atoms with Gasteiger partial charge in [0.25, 0.3) is 11.5 Å². The van der Waals surface area contributed by atoms with Gasteiger partial charge in [0.15, 0.2) is 5.82 Å². The van der Waals surface area contributed by atoms with Crippen molar-refractivity contribution < 1.29 is 9.53 Å². The summed E-state index contributed by atoms with van der Waals surface area (Å²) in [6.45, 7) is 0. The van der Waals surface area contributed by atoms with Gasteiger partial charge >= 0.3 is 0 Å². The number of epoxide rings is 1. The molecule has 0 saturated carbocycles. The fraction of sp³-hybridized carbons (Fsp3) is 0.125. The maximum absolute atomic E-state index is 13.6. The number of carbonyl (C=O) groups is 1. The summed E-state index contributed by atoms with van der Waals surface area (Å²) in [4.78, 5) is 33.5. The van der Waals surface area contributed by atoms with Crippen LogP contribution in [-0.4, -0.2) is 27.4 Å². The zero-order valence-electron chi connectivity index (χ0n) is 16.1. The number of ether oxygens (including phenoxy) is 1. The third kappa shape index (κ3) is 2.08. The normalized spacial score (nSPS) is 22.0. The number of rotatable bonds is 1. The summed E-state index contributed by atoms with van der Waals surface area (Å²) in [6.07, 6.45) is -0.415. The van der Waals surface area contributed by atoms with Gasteiger partial charge in [-0.2, -0.15) is 0 Å². The zero-order chi connectivity index (χ0) is 20.5. The van der Waals surface area contributed by atoms with Crippen molar-refractivity contribution in [3.63, 3.8) is 0 Å². The van der Waals surface area contributed by atoms with Crippen LogP contribution in [0.4, 0.5) is 0 Å². The maximum Gasteiger partial charge on any atom is 0.266 e. The Kier molecular flexibility index (Phi) is 3.35. The Morgan fingerprint density at radius 3 is 2.43 bits per heavy atom. The van der Waals surface area contributed by atoms with E-state index in [1.165, 1.54) is 0 Å². The first-order valence-corrected chi connectivity index (χ1v) is 9.75. The van der Waals surface area contributed by atoms with E-state index in [0.29, 0.717) is 28.0 Å². The minimum absolute atomic E-state index is 0.210. The highest BCUT2D eigenvalue weighted by atomic mass is 16.6. The Bertz CT molecular complexity index is 1400. The SMILES string of the molecule is CN1C(=O)c2ccccc2-n2c(nc3ccccc3c2=O)[C@@]12O[C@@H]2c1ccccc1. The highest BCUT2D eigenvalue weighted by Gasteiger charge is 2.67. The maximum atomic E-state index is 13.6. The van der Waals surface area contributed by atoms with Gasteiger partial charge in [-0.1, -0.05) is 54.6 Å². The van der Waals surface area contributed by atoms with Crippen molar-refractivity contribution >= 4 is 16.8 Å². The number of fused-ring (bicyclic) bond motifs is 5. The lowest BCUT2D eigenvalue weighted by molar-refractivity contribution is 0.0516. The van der Waals surface area contributed by atoms with E-state index in [-0.39, 0.29) is 11.5 Å². The molecule has 1 amide bonds. The summed E-state index contributed by atoms with van der Waals surface area (Å²) in [5, 5.41) is 0.500. The van der Waals surface area contributed by atoms with Crippen LogP contribution in [-0.2, 0) is 10.5 Å². The van der Waals surface area contributed by atoms with Crippen molar-refractivity contribution in [2.75, 3.05) is 7.05 Å². The van der Waals surface area contributed by atoms with Crippen LogP contribution in [0.3, 0.4) is 0 Å². The summed E-state index contributed by atoms with van der Waals surface area (Å²) in [5.41, 5.74) is 1.10. The van der Waals surface area contributed by atoms with E-state index < -0.39 is 11.8 Å². The van der Waals surface area contributed by atoms with Crippen molar-refractivity contribution in [3.8, 4) is 5.69 Å². The Morgan fingerprint density at radius 2 is 1.60 bits per heavy atom. The second kappa shape index (κ2) is 5.87. The quantitative estimate of drug-likeness (QED) is 0.463. The summed E-state index contributed by atoms with van der Waals surface area (Å²) in [6, 6.07) is 24.1. The van der Waals surface area contributed by atoms with Gasteiger partial charge in [0.05, 0.1) is 22.2 Å². The average Bonchev–Trinajstić information content (AvgIpc) is 3.56. The van der Waals surface area contributed by atoms with Gasteiger partial charge in [-0.3, -0.25) is 14.2 Å². The molecule has 0 unspecified atom stereocenters. The van der Waals surface area contributed by atoms with Crippen molar-refractivity contribution in [2.45, 2.75) is 11.8 Å². The summed E-state index contributed by atoms with van der Waals surface area (Å²) in [5.74, 6) is 0.207. The van der Waals surface area contributed by atoms with E-state index in [1.54, 1.807) is 40.8 Å². The molecule has 30 heavy (non-hydrogen) atoms. The Labute approximate surface area is 172 Å². The van der Waals surface area contributed by atoms with Gasteiger partial charge < -0.3 is 9.64 Å². The molecule has 146 valence electrons. The minimum Gasteiger partial charge on any atom is -0.332 e. The van der Waals surface area contributed by atoms with Crippen LogP contribution in [0.25, 0.3) is 16.6 Å². The molecule has 2 aliphatic heterocycles.